The minimum absolute atomic E-state index is 0.00439. The summed E-state index contributed by atoms with van der Waals surface area (Å²) < 4.78 is 25.3. The first-order chi connectivity index (χ1) is 7.20. The molecule has 0 radical (unpaired) electrons. The lowest BCUT2D eigenvalue weighted by molar-refractivity contribution is 0.543. The summed E-state index contributed by atoms with van der Waals surface area (Å²) in [5.74, 6) is 0.876. The molecule has 1 rings (SSSR count). The van der Waals surface area contributed by atoms with Gasteiger partial charge in [-0.1, -0.05) is 0 Å². The summed E-state index contributed by atoms with van der Waals surface area (Å²) >= 11 is 0. The van der Waals surface area contributed by atoms with Crippen LogP contribution in [0.15, 0.2) is 12.4 Å². The molecule has 0 saturated carbocycles. The SMILES string of the molecule is Cn1ccnc1CCS(=O)(=O)CC(C)(C)N. The smallest absolute Gasteiger partial charge is 0.152 e. The maximum atomic E-state index is 11.7. The van der Waals surface area contributed by atoms with Crippen LogP contribution in [0.4, 0.5) is 0 Å². The number of aromatic nitrogens is 2. The Balaban J connectivity index is 2.59. The summed E-state index contributed by atoms with van der Waals surface area (Å²) in [7, 11) is -1.26. The zero-order valence-corrected chi connectivity index (χ0v) is 10.8. The van der Waals surface area contributed by atoms with Crippen LogP contribution in [0.1, 0.15) is 19.7 Å². The van der Waals surface area contributed by atoms with Gasteiger partial charge in [0.1, 0.15) is 5.82 Å². The van der Waals surface area contributed by atoms with Crippen molar-refractivity contribution in [1.82, 2.24) is 9.55 Å². The predicted octanol–water partition coefficient (Wildman–Crippen LogP) is 0.115. The Labute approximate surface area is 96.6 Å². The van der Waals surface area contributed by atoms with Crippen molar-refractivity contribution in [2.24, 2.45) is 12.8 Å². The van der Waals surface area contributed by atoms with Crippen LogP contribution in [0.3, 0.4) is 0 Å². The molecule has 0 spiro atoms. The Kier molecular flexibility index (Phi) is 3.75. The molecule has 6 heteroatoms. The summed E-state index contributed by atoms with van der Waals surface area (Å²) in [5, 5.41) is 0. The van der Waals surface area contributed by atoms with Gasteiger partial charge in [-0.25, -0.2) is 13.4 Å². The van der Waals surface area contributed by atoms with E-state index in [-0.39, 0.29) is 11.5 Å². The normalized spacial score (nSPS) is 13.0. The largest absolute Gasteiger partial charge is 0.338 e. The topological polar surface area (TPSA) is 78.0 Å². The fraction of sp³-hybridized carbons (Fsp3) is 0.700. The van der Waals surface area contributed by atoms with E-state index in [1.165, 1.54) is 0 Å². The van der Waals surface area contributed by atoms with Crippen LogP contribution in [0.5, 0.6) is 0 Å². The van der Waals surface area contributed by atoms with Gasteiger partial charge >= 0.3 is 0 Å². The highest BCUT2D eigenvalue weighted by Crippen LogP contribution is 2.06. The average molecular weight is 245 g/mol. The van der Waals surface area contributed by atoms with Crippen molar-refractivity contribution < 1.29 is 8.42 Å². The van der Waals surface area contributed by atoms with Crippen molar-refractivity contribution in [3.05, 3.63) is 18.2 Å². The first-order valence-corrected chi connectivity index (χ1v) is 6.97. The Hall–Kier alpha value is -0.880. The van der Waals surface area contributed by atoms with Crippen molar-refractivity contribution in [3.63, 3.8) is 0 Å². The van der Waals surface area contributed by atoms with Gasteiger partial charge < -0.3 is 10.3 Å². The second-order valence-corrected chi connectivity index (χ2v) is 6.97. The summed E-state index contributed by atoms with van der Waals surface area (Å²) in [4.78, 5) is 4.08. The van der Waals surface area contributed by atoms with Gasteiger partial charge in [-0.3, -0.25) is 0 Å². The van der Waals surface area contributed by atoms with Gasteiger partial charge in [-0.15, -0.1) is 0 Å². The van der Waals surface area contributed by atoms with Crippen LogP contribution in [0.2, 0.25) is 0 Å². The molecule has 1 aromatic heterocycles. The van der Waals surface area contributed by atoms with E-state index in [1.807, 2.05) is 11.6 Å². The molecule has 0 unspecified atom stereocenters. The maximum Gasteiger partial charge on any atom is 0.152 e. The average Bonchev–Trinajstić information content (AvgIpc) is 2.43. The molecular formula is C10H19N3O2S. The van der Waals surface area contributed by atoms with E-state index in [2.05, 4.69) is 4.98 Å². The third-order valence-corrected chi connectivity index (χ3v) is 4.16. The van der Waals surface area contributed by atoms with Gasteiger partial charge in [0.2, 0.25) is 0 Å². The lowest BCUT2D eigenvalue weighted by atomic mass is 10.1. The Morgan fingerprint density at radius 2 is 2.12 bits per heavy atom. The predicted molar refractivity (Wildman–Crippen MR) is 63.8 cm³/mol. The van der Waals surface area contributed by atoms with Crippen molar-refractivity contribution in [2.75, 3.05) is 11.5 Å². The van der Waals surface area contributed by atoms with Crippen molar-refractivity contribution in [2.45, 2.75) is 25.8 Å². The van der Waals surface area contributed by atoms with E-state index in [1.54, 1.807) is 26.2 Å². The highest BCUT2D eigenvalue weighted by atomic mass is 32.2. The zero-order chi connectivity index (χ0) is 12.4. The highest BCUT2D eigenvalue weighted by molar-refractivity contribution is 7.91. The molecule has 0 aromatic carbocycles. The highest BCUT2D eigenvalue weighted by Gasteiger charge is 2.22. The number of aryl methyl sites for hydroxylation is 2. The molecule has 0 atom stereocenters. The van der Waals surface area contributed by atoms with Crippen molar-refractivity contribution in [3.8, 4) is 0 Å². The number of imidazole rings is 1. The lowest BCUT2D eigenvalue weighted by Crippen LogP contribution is -2.40. The van der Waals surface area contributed by atoms with Gasteiger partial charge in [-0.2, -0.15) is 0 Å². The fourth-order valence-electron chi connectivity index (χ4n) is 1.52. The van der Waals surface area contributed by atoms with Crippen LogP contribution in [-0.2, 0) is 23.3 Å². The van der Waals surface area contributed by atoms with Gasteiger partial charge in [0, 0.05) is 31.4 Å². The van der Waals surface area contributed by atoms with Crippen molar-refractivity contribution >= 4 is 9.84 Å². The molecule has 0 amide bonds. The molecule has 16 heavy (non-hydrogen) atoms. The van der Waals surface area contributed by atoms with Crippen LogP contribution < -0.4 is 5.73 Å². The third-order valence-electron chi connectivity index (χ3n) is 2.15. The Bertz CT molecular complexity index is 443. The number of nitrogens with zero attached hydrogens (tertiary/aromatic N) is 2. The van der Waals surface area contributed by atoms with Gasteiger partial charge in [0.15, 0.2) is 9.84 Å². The molecule has 0 aliphatic heterocycles. The molecule has 92 valence electrons. The maximum absolute atomic E-state index is 11.7. The van der Waals surface area contributed by atoms with Crippen LogP contribution in [-0.4, -0.2) is 35.0 Å². The molecular weight excluding hydrogens is 226 g/mol. The summed E-state index contributed by atoms with van der Waals surface area (Å²) in [5.41, 5.74) is 5.02. The van der Waals surface area contributed by atoms with E-state index in [0.717, 1.165) is 5.82 Å². The minimum Gasteiger partial charge on any atom is -0.338 e. The standard InChI is InChI=1S/C10H19N3O2S/c1-10(2,11)8-16(14,15)7-4-9-12-5-6-13(9)3/h5-6H,4,7-8,11H2,1-3H3. The quantitative estimate of drug-likeness (QED) is 0.799. The fourth-order valence-corrected chi connectivity index (χ4v) is 3.29. The summed E-state index contributed by atoms with van der Waals surface area (Å²) in [6, 6.07) is 0. The van der Waals surface area contributed by atoms with Gasteiger partial charge in [0.25, 0.3) is 0 Å². The second kappa shape index (κ2) is 4.55. The monoisotopic (exact) mass is 245 g/mol. The molecule has 5 nitrogen and oxygen atoms in total. The van der Waals surface area contributed by atoms with E-state index in [9.17, 15) is 8.42 Å². The van der Waals surface area contributed by atoms with E-state index >= 15 is 0 Å². The number of hydrogen-bond donors (Lipinski definition) is 1. The van der Waals surface area contributed by atoms with Crippen LogP contribution in [0, 0.1) is 0 Å². The number of nitrogens with two attached hydrogens (primary N) is 1. The van der Waals surface area contributed by atoms with E-state index in [4.69, 9.17) is 5.73 Å². The number of hydrogen-bond acceptors (Lipinski definition) is 4. The third kappa shape index (κ3) is 4.32. The lowest BCUT2D eigenvalue weighted by Gasteiger charge is -2.17. The molecule has 2 N–H and O–H groups in total. The molecule has 1 aromatic rings. The molecule has 0 saturated heterocycles. The van der Waals surface area contributed by atoms with Crippen LogP contribution in [0.25, 0.3) is 0 Å². The summed E-state index contributed by atoms with van der Waals surface area (Å²) in [6.45, 7) is 3.43. The van der Waals surface area contributed by atoms with Crippen LogP contribution >= 0.6 is 0 Å². The molecule has 1 heterocycles. The number of sulfone groups is 1. The zero-order valence-electron chi connectivity index (χ0n) is 9.97. The minimum atomic E-state index is -3.11. The van der Waals surface area contributed by atoms with Gasteiger partial charge in [0.05, 0.1) is 11.5 Å². The van der Waals surface area contributed by atoms with E-state index < -0.39 is 15.4 Å². The summed E-state index contributed by atoms with van der Waals surface area (Å²) in [6.07, 6.45) is 3.89. The molecule has 0 aliphatic rings. The van der Waals surface area contributed by atoms with Gasteiger partial charge in [-0.05, 0) is 13.8 Å². The number of rotatable bonds is 5. The van der Waals surface area contributed by atoms with E-state index in [0.29, 0.717) is 6.42 Å². The second-order valence-electron chi connectivity index (χ2n) is 4.78. The Morgan fingerprint density at radius 3 is 2.56 bits per heavy atom. The molecule has 0 fully saturated rings. The Morgan fingerprint density at radius 1 is 1.50 bits per heavy atom. The molecule has 0 bridgehead atoms. The first kappa shape index (κ1) is 13.2. The molecule has 0 aliphatic carbocycles. The van der Waals surface area contributed by atoms with Crippen molar-refractivity contribution in [1.29, 1.82) is 0 Å². The first-order valence-electron chi connectivity index (χ1n) is 5.15.